The Balaban J connectivity index is 1.15. The Morgan fingerprint density at radius 2 is 1.95 bits per heavy atom. The van der Waals surface area contributed by atoms with Crippen LogP contribution >= 0.6 is 0 Å². The summed E-state index contributed by atoms with van der Waals surface area (Å²) >= 11 is 0. The van der Waals surface area contributed by atoms with Gasteiger partial charge in [0, 0.05) is 25.2 Å². The molecule has 118 valence electrons. The van der Waals surface area contributed by atoms with E-state index < -0.39 is 0 Å². The minimum Gasteiger partial charge on any atom is -0.374 e. The maximum atomic E-state index is 6.11. The lowest BCUT2D eigenvalue weighted by Gasteiger charge is -2.37. The van der Waals surface area contributed by atoms with Gasteiger partial charge in [-0.3, -0.25) is 4.90 Å². The first-order chi connectivity index (χ1) is 10.4. The zero-order valence-corrected chi connectivity index (χ0v) is 13.2. The molecule has 2 heterocycles. The van der Waals surface area contributed by atoms with Gasteiger partial charge < -0.3 is 10.1 Å². The molecule has 3 saturated carbocycles. The molecule has 5 aliphatic rings. The van der Waals surface area contributed by atoms with E-state index in [2.05, 4.69) is 10.2 Å². The largest absolute Gasteiger partial charge is 0.374 e. The Morgan fingerprint density at radius 3 is 2.95 bits per heavy atom. The summed E-state index contributed by atoms with van der Waals surface area (Å²) in [7, 11) is 0. The maximum Gasteiger partial charge on any atom is 0.0827 e. The van der Waals surface area contributed by atoms with E-state index in [0.717, 1.165) is 48.9 Å². The molecule has 0 radical (unpaired) electrons. The van der Waals surface area contributed by atoms with Gasteiger partial charge in [0.25, 0.3) is 0 Å². The third-order valence-electron chi connectivity index (χ3n) is 7.50. The minimum absolute atomic E-state index is 0.442. The van der Waals surface area contributed by atoms with Crippen LogP contribution in [0.5, 0.6) is 0 Å². The van der Waals surface area contributed by atoms with Gasteiger partial charge >= 0.3 is 0 Å². The van der Waals surface area contributed by atoms with Gasteiger partial charge in [0.05, 0.1) is 12.7 Å². The number of hydrogen-bond acceptors (Lipinski definition) is 3. The first-order valence-corrected chi connectivity index (χ1v) is 9.47. The summed E-state index contributed by atoms with van der Waals surface area (Å²) < 4.78 is 6.11. The first kappa shape index (κ1) is 13.3. The number of ether oxygens (including phenoxy) is 1. The maximum absolute atomic E-state index is 6.11. The Bertz CT molecular complexity index is 401. The van der Waals surface area contributed by atoms with Crippen LogP contribution in [0.2, 0.25) is 0 Å². The second kappa shape index (κ2) is 5.21. The molecule has 1 N–H and O–H groups in total. The highest BCUT2D eigenvalue weighted by atomic mass is 16.5. The molecule has 21 heavy (non-hydrogen) atoms. The van der Waals surface area contributed by atoms with Crippen LogP contribution in [-0.2, 0) is 4.74 Å². The second-order valence-corrected chi connectivity index (χ2v) is 8.42. The van der Waals surface area contributed by atoms with Crippen LogP contribution in [0.1, 0.15) is 44.9 Å². The fourth-order valence-corrected chi connectivity index (χ4v) is 6.59. The summed E-state index contributed by atoms with van der Waals surface area (Å²) in [6.07, 6.45) is 10.8. The van der Waals surface area contributed by atoms with Crippen molar-refractivity contribution in [3.05, 3.63) is 0 Å². The Hall–Kier alpha value is -0.120. The molecule has 7 atom stereocenters. The van der Waals surface area contributed by atoms with Crippen LogP contribution in [-0.4, -0.2) is 49.3 Å². The molecule has 0 aromatic rings. The summed E-state index contributed by atoms with van der Waals surface area (Å²) in [5, 5.41) is 3.92. The summed E-state index contributed by atoms with van der Waals surface area (Å²) in [5.74, 6) is 4.27. The van der Waals surface area contributed by atoms with Gasteiger partial charge in [-0.15, -0.1) is 0 Å². The number of nitrogens with one attached hydrogen (secondary N) is 1. The van der Waals surface area contributed by atoms with Crippen LogP contribution in [0.3, 0.4) is 0 Å². The SMILES string of the molecule is C1CC2C3CC(NCC4CN5CCCC5CO4)C(C3)C2C1. The lowest BCUT2D eigenvalue weighted by Crippen LogP contribution is -2.51. The van der Waals surface area contributed by atoms with E-state index >= 15 is 0 Å². The smallest absolute Gasteiger partial charge is 0.0827 e. The van der Waals surface area contributed by atoms with E-state index in [-0.39, 0.29) is 0 Å². The van der Waals surface area contributed by atoms with Gasteiger partial charge in [-0.25, -0.2) is 0 Å². The van der Waals surface area contributed by atoms with Crippen LogP contribution in [0, 0.1) is 23.7 Å². The average molecular weight is 290 g/mol. The minimum atomic E-state index is 0.442. The van der Waals surface area contributed by atoms with Crippen molar-refractivity contribution in [1.82, 2.24) is 10.2 Å². The molecule has 7 unspecified atom stereocenters. The average Bonchev–Trinajstić information content (AvgIpc) is 3.24. The van der Waals surface area contributed by atoms with E-state index in [9.17, 15) is 0 Å². The molecule has 3 aliphatic carbocycles. The van der Waals surface area contributed by atoms with E-state index in [4.69, 9.17) is 4.74 Å². The lowest BCUT2D eigenvalue weighted by molar-refractivity contribution is -0.0488. The van der Waals surface area contributed by atoms with Gasteiger partial charge in [-0.2, -0.15) is 0 Å². The summed E-state index contributed by atoms with van der Waals surface area (Å²) in [6, 6.07) is 1.55. The lowest BCUT2D eigenvalue weighted by atomic mass is 9.79. The molecular formula is C18H30N2O. The monoisotopic (exact) mass is 290 g/mol. The number of nitrogens with zero attached hydrogens (tertiary/aromatic N) is 1. The highest BCUT2D eigenvalue weighted by Crippen LogP contribution is 2.58. The fourth-order valence-electron chi connectivity index (χ4n) is 6.59. The highest BCUT2D eigenvalue weighted by Gasteiger charge is 2.53. The van der Waals surface area contributed by atoms with Crippen LogP contribution in [0.15, 0.2) is 0 Å². The summed E-state index contributed by atoms with van der Waals surface area (Å²) in [4.78, 5) is 2.67. The van der Waals surface area contributed by atoms with Crippen molar-refractivity contribution in [3.63, 3.8) is 0 Å². The molecule has 0 spiro atoms. The van der Waals surface area contributed by atoms with Crippen molar-refractivity contribution in [1.29, 1.82) is 0 Å². The van der Waals surface area contributed by atoms with Gasteiger partial charge in [-0.1, -0.05) is 6.42 Å². The molecule has 0 aromatic carbocycles. The zero-order valence-electron chi connectivity index (χ0n) is 13.2. The van der Waals surface area contributed by atoms with Crippen LogP contribution in [0.25, 0.3) is 0 Å². The molecule has 0 amide bonds. The second-order valence-electron chi connectivity index (χ2n) is 8.42. The van der Waals surface area contributed by atoms with Crippen LogP contribution in [0.4, 0.5) is 0 Å². The molecular weight excluding hydrogens is 260 g/mol. The predicted molar refractivity (Wildman–Crippen MR) is 83.2 cm³/mol. The highest BCUT2D eigenvalue weighted by molar-refractivity contribution is 5.05. The van der Waals surface area contributed by atoms with Gasteiger partial charge in [0.1, 0.15) is 0 Å². The summed E-state index contributed by atoms with van der Waals surface area (Å²) in [5.41, 5.74) is 0. The normalized spacial score (nSPS) is 52.3. The third-order valence-corrected chi connectivity index (χ3v) is 7.50. The number of morpholine rings is 1. The molecule has 2 bridgehead atoms. The van der Waals surface area contributed by atoms with E-state index in [1.807, 2.05) is 0 Å². The Morgan fingerprint density at radius 1 is 1.00 bits per heavy atom. The topological polar surface area (TPSA) is 24.5 Å². The van der Waals surface area contributed by atoms with Gasteiger partial charge in [-0.05, 0) is 68.7 Å². The molecule has 2 saturated heterocycles. The molecule has 2 aliphatic heterocycles. The van der Waals surface area contributed by atoms with Crippen LogP contribution < -0.4 is 5.32 Å². The molecule has 5 fully saturated rings. The van der Waals surface area contributed by atoms with E-state index in [1.54, 1.807) is 6.42 Å². The van der Waals surface area contributed by atoms with E-state index in [1.165, 1.54) is 51.6 Å². The standard InChI is InChI=1S/C18H30N2O/c1-4-15-12-7-17(16(15)5-1)18(8-12)19-9-14-10-20-6-2-3-13(20)11-21-14/h12-19H,1-11H2. The quantitative estimate of drug-likeness (QED) is 0.863. The number of hydrogen-bond donors (Lipinski definition) is 1. The molecule has 0 aromatic heterocycles. The van der Waals surface area contributed by atoms with Crippen molar-refractivity contribution in [2.24, 2.45) is 23.7 Å². The van der Waals surface area contributed by atoms with Crippen molar-refractivity contribution in [2.45, 2.75) is 63.1 Å². The zero-order chi connectivity index (χ0) is 13.8. The van der Waals surface area contributed by atoms with Crippen molar-refractivity contribution >= 4 is 0 Å². The van der Waals surface area contributed by atoms with Gasteiger partial charge in [0.2, 0.25) is 0 Å². The number of fused-ring (bicyclic) bond motifs is 6. The van der Waals surface area contributed by atoms with Crippen molar-refractivity contribution in [2.75, 3.05) is 26.2 Å². The Kier molecular flexibility index (Phi) is 3.31. The number of rotatable bonds is 3. The predicted octanol–water partition coefficient (Wildman–Crippen LogP) is 2.26. The Labute approximate surface area is 128 Å². The first-order valence-electron chi connectivity index (χ1n) is 9.47. The molecule has 3 nitrogen and oxygen atoms in total. The molecule has 5 rings (SSSR count). The third kappa shape index (κ3) is 2.19. The van der Waals surface area contributed by atoms with E-state index in [0.29, 0.717) is 6.10 Å². The molecule has 3 heteroatoms. The van der Waals surface area contributed by atoms with Crippen molar-refractivity contribution in [3.8, 4) is 0 Å². The fraction of sp³-hybridized carbons (Fsp3) is 1.00. The summed E-state index contributed by atoms with van der Waals surface area (Å²) in [6.45, 7) is 4.55. The van der Waals surface area contributed by atoms with Crippen molar-refractivity contribution < 1.29 is 4.74 Å². The van der Waals surface area contributed by atoms with Gasteiger partial charge in [0.15, 0.2) is 0 Å².